The molecule has 0 spiro atoms. The van der Waals surface area contributed by atoms with E-state index in [-0.39, 0.29) is 0 Å². The first kappa shape index (κ1) is 14.2. The maximum atomic E-state index is 2.47. The smallest absolute Gasteiger partial charge is 0.0410 e. The molecule has 1 aromatic carbocycles. The van der Waals surface area contributed by atoms with E-state index in [1.165, 1.54) is 39.1 Å². The summed E-state index contributed by atoms with van der Waals surface area (Å²) in [7, 11) is 0. The van der Waals surface area contributed by atoms with E-state index < -0.39 is 0 Å². The van der Waals surface area contributed by atoms with Gasteiger partial charge in [0.25, 0.3) is 0 Å². The van der Waals surface area contributed by atoms with Crippen molar-refractivity contribution in [2.75, 3.05) is 0 Å². The van der Waals surface area contributed by atoms with Crippen LogP contribution in [0.3, 0.4) is 0 Å². The molecule has 0 aliphatic carbocycles. The first-order chi connectivity index (χ1) is 6.57. The lowest BCUT2D eigenvalue weighted by molar-refractivity contribution is 0.791. The maximum Gasteiger partial charge on any atom is 0.0410 e. The van der Waals surface area contributed by atoms with Crippen LogP contribution in [0.5, 0.6) is 0 Å². The fourth-order valence-electron chi connectivity index (χ4n) is 1.17. The number of rotatable bonds is 3. The second-order valence-electron chi connectivity index (χ2n) is 3.06. The van der Waals surface area contributed by atoms with Crippen LogP contribution >= 0.6 is 90.4 Å². The number of hydrogen-bond donors (Lipinski definition) is 0. The van der Waals surface area contributed by atoms with Gasteiger partial charge in [-0.3, -0.25) is 0 Å². The Balaban J connectivity index is 3.06. The van der Waals surface area contributed by atoms with E-state index in [1.807, 2.05) is 0 Å². The number of unbranched alkanes of at least 4 members (excludes halogenated alkanes) is 1. The lowest BCUT2D eigenvalue weighted by Gasteiger charge is -2.09. The van der Waals surface area contributed by atoms with Gasteiger partial charge in [-0.05, 0) is 115 Å². The average Bonchev–Trinajstić information content (AvgIpc) is 2.18. The SMILES string of the molecule is CCCCc1cc(I)c(I)c(I)c1I. The number of aryl methyl sites for hydroxylation is 1. The molecular weight excluding hydrogens is 628 g/mol. The van der Waals surface area contributed by atoms with Crippen LogP contribution in [-0.2, 0) is 6.42 Å². The lowest BCUT2D eigenvalue weighted by atomic mass is 10.1. The first-order valence-electron chi connectivity index (χ1n) is 4.39. The minimum Gasteiger partial charge on any atom is -0.0654 e. The van der Waals surface area contributed by atoms with Gasteiger partial charge < -0.3 is 0 Å². The molecule has 0 radical (unpaired) electrons. The topological polar surface area (TPSA) is 0 Å². The summed E-state index contributed by atoms with van der Waals surface area (Å²) in [5.41, 5.74) is 1.52. The van der Waals surface area contributed by atoms with Crippen molar-refractivity contribution in [3.8, 4) is 0 Å². The molecule has 0 atom stereocenters. The summed E-state index contributed by atoms with van der Waals surface area (Å²) in [4.78, 5) is 0. The van der Waals surface area contributed by atoms with Crippen molar-refractivity contribution in [2.24, 2.45) is 0 Å². The zero-order chi connectivity index (χ0) is 10.7. The molecule has 1 rings (SSSR count). The van der Waals surface area contributed by atoms with Gasteiger partial charge in [-0.2, -0.15) is 0 Å². The highest BCUT2D eigenvalue weighted by atomic mass is 127. The van der Waals surface area contributed by atoms with Crippen LogP contribution < -0.4 is 0 Å². The van der Waals surface area contributed by atoms with Crippen molar-refractivity contribution in [3.63, 3.8) is 0 Å². The second kappa shape index (κ2) is 6.77. The van der Waals surface area contributed by atoms with E-state index in [0.717, 1.165) is 0 Å². The highest BCUT2D eigenvalue weighted by molar-refractivity contribution is 14.1. The summed E-state index contributed by atoms with van der Waals surface area (Å²) >= 11 is 9.78. The number of hydrogen-bond acceptors (Lipinski definition) is 0. The monoisotopic (exact) mass is 638 g/mol. The Bertz CT molecular complexity index is 333. The summed E-state index contributed by atoms with van der Waals surface area (Å²) in [6.07, 6.45) is 3.79. The summed E-state index contributed by atoms with van der Waals surface area (Å²) in [6.45, 7) is 2.25. The lowest BCUT2D eigenvalue weighted by Crippen LogP contribution is -1.97. The van der Waals surface area contributed by atoms with Crippen LogP contribution in [-0.4, -0.2) is 0 Å². The van der Waals surface area contributed by atoms with Crippen molar-refractivity contribution in [1.29, 1.82) is 0 Å². The standard InChI is InChI=1S/C10H10I4/c1-2-3-4-6-5-7(11)9(13)10(14)8(6)12/h5H,2-4H2,1H3. The largest absolute Gasteiger partial charge is 0.0654 e. The van der Waals surface area contributed by atoms with E-state index >= 15 is 0 Å². The van der Waals surface area contributed by atoms with Crippen LogP contribution in [0.4, 0.5) is 0 Å². The van der Waals surface area contributed by atoms with Crippen LogP contribution in [0.1, 0.15) is 25.3 Å². The molecule has 0 aliphatic rings. The first-order valence-corrected chi connectivity index (χ1v) is 8.71. The molecule has 0 saturated heterocycles. The van der Waals surface area contributed by atoms with Crippen LogP contribution in [0, 0.1) is 14.3 Å². The van der Waals surface area contributed by atoms with Crippen molar-refractivity contribution < 1.29 is 0 Å². The molecule has 0 aromatic heterocycles. The van der Waals surface area contributed by atoms with Gasteiger partial charge in [-0.25, -0.2) is 0 Å². The van der Waals surface area contributed by atoms with Crippen LogP contribution in [0.25, 0.3) is 0 Å². The van der Waals surface area contributed by atoms with Gasteiger partial charge >= 0.3 is 0 Å². The molecule has 0 unspecified atom stereocenters. The zero-order valence-corrected chi connectivity index (χ0v) is 16.3. The molecule has 0 aliphatic heterocycles. The quantitative estimate of drug-likeness (QED) is 0.235. The Labute approximate surface area is 140 Å². The molecule has 0 N–H and O–H groups in total. The van der Waals surface area contributed by atoms with Gasteiger partial charge in [0.15, 0.2) is 0 Å². The number of halogens is 4. The van der Waals surface area contributed by atoms with E-state index in [9.17, 15) is 0 Å². The molecule has 1 aromatic rings. The van der Waals surface area contributed by atoms with E-state index in [4.69, 9.17) is 0 Å². The Kier molecular flexibility index (Phi) is 6.87. The molecule has 14 heavy (non-hydrogen) atoms. The fraction of sp³-hybridized carbons (Fsp3) is 0.400. The Morgan fingerprint density at radius 2 is 1.64 bits per heavy atom. The molecule has 0 heterocycles. The maximum absolute atomic E-state index is 2.47. The highest BCUT2D eigenvalue weighted by Gasteiger charge is 2.10. The molecule has 78 valence electrons. The third-order valence-corrected chi connectivity index (χ3v) is 9.36. The molecule has 4 heteroatoms. The number of benzene rings is 1. The summed E-state index contributed by atoms with van der Waals surface area (Å²) < 4.78 is 5.65. The van der Waals surface area contributed by atoms with Gasteiger partial charge in [0.1, 0.15) is 0 Å². The van der Waals surface area contributed by atoms with Crippen LogP contribution in [0.2, 0.25) is 0 Å². The zero-order valence-electron chi connectivity index (χ0n) is 7.71. The molecule has 0 nitrogen and oxygen atoms in total. The Hall–Kier alpha value is 2.14. The summed E-state index contributed by atoms with van der Waals surface area (Å²) in [5, 5.41) is 0. The third-order valence-electron chi connectivity index (χ3n) is 1.98. The molecule has 0 saturated carbocycles. The molecule has 0 bridgehead atoms. The van der Waals surface area contributed by atoms with Crippen molar-refractivity contribution in [1.82, 2.24) is 0 Å². The average molecular weight is 638 g/mol. The molecular formula is C10H10I4. The van der Waals surface area contributed by atoms with Gasteiger partial charge in [0.05, 0.1) is 0 Å². The Morgan fingerprint density at radius 3 is 2.21 bits per heavy atom. The second-order valence-corrected chi connectivity index (χ2v) is 7.46. The predicted octanol–water partition coefficient (Wildman–Crippen LogP) is 5.45. The van der Waals surface area contributed by atoms with Crippen molar-refractivity contribution in [3.05, 3.63) is 25.9 Å². The third kappa shape index (κ3) is 3.57. The minimum atomic E-state index is 1.22. The van der Waals surface area contributed by atoms with Crippen molar-refractivity contribution in [2.45, 2.75) is 26.2 Å². The van der Waals surface area contributed by atoms with E-state index in [1.54, 1.807) is 0 Å². The molecule has 0 fully saturated rings. The summed E-state index contributed by atoms with van der Waals surface area (Å²) in [6, 6.07) is 2.34. The van der Waals surface area contributed by atoms with Gasteiger partial charge in [0.2, 0.25) is 0 Å². The highest BCUT2D eigenvalue weighted by Crippen LogP contribution is 2.29. The van der Waals surface area contributed by atoms with Gasteiger partial charge in [-0.15, -0.1) is 0 Å². The molecule has 0 amide bonds. The fourth-order valence-corrected chi connectivity index (χ4v) is 4.61. The minimum absolute atomic E-state index is 1.22. The van der Waals surface area contributed by atoms with Crippen LogP contribution in [0.15, 0.2) is 6.07 Å². The van der Waals surface area contributed by atoms with Gasteiger partial charge in [0, 0.05) is 14.3 Å². The summed E-state index contributed by atoms with van der Waals surface area (Å²) in [5.74, 6) is 0. The van der Waals surface area contributed by atoms with Crippen molar-refractivity contribution >= 4 is 90.4 Å². The van der Waals surface area contributed by atoms with E-state index in [0.29, 0.717) is 0 Å². The normalized spacial score (nSPS) is 10.6. The predicted molar refractivity (Wildman–Crippen MR) is 95.9 cm³/mol. The van der Waals surface area contributed by atoms with Gasteiger partial charge in [-0.1, -0.05) is 13.3 Å². The van der Waals surface area contributed by atoms with E-state index in [2.05, 4.69) is 103 Å². The Morgan fingerprint density at radius 1 is 1.00 bits per heavy atom.